The quantitative estimate of drug-likeness (QED) is 0.826. The fourth-order valence-electron chi connectivity index (χ4n) is 3.10. The fourth-order valence-corrected chi connectivity index (χ4v) is 4.00. The van der Waals surface area contributed by atoms with Crippen molar-refractivity contribution in [3.8, 4) is 17.4 Å². The number of piperidine rings is 1. The Balaban J connectivity index is 1.72. The van der Waals surface area contributed by atoms with Gasteiger partial charge in [-0.1, -0.05) is 0 Å². The molecule has 1 unspecified atom stereocenters. The standard InChI is InChI=1S/C17H24N4O4S/c1-23-15-8-13-14(9-16(15)24-2)19-11-20-17(13)25-10-12-4-6-21(7-5-12)26(3,18)22/h8-9,11-12,18H,4-7,10H2,1-3H3. The number of nitrogens with one attached hydrogen (secondary N) is 1. The van der Waals surface area contributed by atoms with E-state index in [1.807, 2.05) is 6.07 Å². The maximum Gasteiger partial charge on any atom is 0.224 e. The van der Waals surface area contributed by atoms with Gasteiger partial charge >= 0.3 is 0 Å². The summed E-state index contributed by atoms with van der Waals surface area (Å²) in [5, 5.41) is 0.769. The van der Waals surface area contributed by atoms with Crippen LogP contribution in [-0.4, -0.2) is 58.7 Å². The van der Waals surface area contributed by atoms with Gasteiger partial charge in [0.25, 0.3) is 0 Å². The van der Waals surface area contributed by atoms with Gasteiger partial charge in [0, 0.05) is 25.4 Å². The summed E-state index contributed by atoms with van der Waals surface area (Å²) in [7, 11) is 0.553. The fraction of sp³-hybridized carbons (Fsp3) is 0.529. The van der Waals surface area contributed by atoms with Crippen molar-refractivity contribution in [1.29, 1.82) is 4.78 Å². The lowest BCUT2D eigenvalue weighted by molar-refractivity contribution is 0.184. The Morgan fingerprint density at radius 3 is 2.46 bits per heavy atom. The zero-order valence-corrected chi connectivity index (χ0v) is 16.0. The first kappa shape index (κ1) is 18.7. The number of benzene rings is 1. The lowest BCUT2D eigenvalue weighted by Gasteiger charge is -2.31. The normalized spacial score (nSPS) is 18.4. The second kappa shape index (κ2) is 7.63. The smallest absolute Gasteiger partial charge is 0.224 e. The third-order valence-electron chi connectivity index (χ3n) is 4.63. The molecule has 1 fully saturated rings. The molecule has 1 N–H and O–H groups in total. The van der Waals surface area contributed by atoms with E-state index < -0.39 is 9.92 Å². The number of ether oxygens (including phenoxy) is 3. The van der Waals surface area contributed by atoms with E-state index in [0.29, 0.717) is 43.0 Å². The van der Waals surface area contributed by atoms with Gasteiger partial charge in [0.05, 0.1) is 31.7 Å². The van der Waals surface area contributed by atoms with Gasteiger partial charge in [-0.3, -0.25) is 0 Å². The predicted molar refractivity (Wildman–Crippen MR) is 99.2 cm³/mol. The lowest BCUT2D eigenvalue weighted by Crippen LogP contribution is -2.38. The Kier molecular flexibility index (Phi) is 5.47. The van der Waals surface area contributed by atoms with Crippen molar-refractivity contribution >= 4 is 20.8 Å². The largest absolute Gasteiger partial charge is 0.493 e. The van der Waals surface area contributed by atoms with E-state index in [2.05, 4.69) is 9.97 Å². The zero-order chi connectivity index (χ0) is 18.7. The lowest BCUT2D eigenvalue weighted by atomic mass is 9.99. The average Bonchev–Trinajstić information content (AvgIpc) is 2.64. The molecule has 8 nitrogen and oxygen atoms in total. The first-order valence-corrected chi connectivity index (χ1v) is 10.3. The van der Waals surface area contributed by atoms with Gasteiger partial charge in [0.2, 0.25) is 5.88 Å². The van der Waals surface area contributed by atoms with E-state index in [1.165, 1.54) is 12.6 Å². The van der Waals surface area contributed by atoms with Crippen LogP contribution in [0.5, 0.6) is 17.4 Å². The topological polar surface area (TPSA) is 97.6 Å². The average molecular weight is 380 g/mol. The minimum absolute atomic E-state index is 0.346. The van der Waals surface area contributed by atoms with E-state index >= 15 is 0 Å². The zero-order valence-electron chi connectivity index (χ0n) is 15.2. The van der Waals surface area contributed by atoms with Crippen LogP contribution in [0, 0.1) is 10.7 Å². The first-order valence-electron chi connectivity index (χ1n) is 8.40. The first-order chi connectivity index (χ1) is 12.4. The van der Waals surface area contributed by atoms with Gasteiger partial charge in [0.1, 0.15) is 16.2 Å². The second-order valence-electron chi connectivity index (χ2n) is 6.39. The van der Waals surface area contributed by atoms with Crippen LogP contribution >= 0.6 is 0 Å². The Morgan fingerprint density at radius 1 is 1.19 bits per heavy atom. The summed E-state index contributed by atoms with van der Waals surface area (Å²) in [6.45, 7) is 1.84. The molecule has 0 amide bonds. The number of hydrogen-bond donors (Lipinski definition) is 1. The van der Waals surface area contributed by atoms with Gasteiger partial charge < -0.3 is 14.2 Å². The molecule has 26 heavy (non-hydrogen) atoms. The molecule has 0 bridgehead atoms. The summed E-state index contributed by atoms with van der Waals surface area (Å²) in [6, 6.07) is 3.62. The molecule has 3 rings (SSSR count). The van der Waals surface area contributed by atoms with E-state index in [-0.39, 0.29) is 0 Å². The van der Waals surface area contributed by atoms with Gasteiger partial charge in [-0.15, -0.1) is 0 Å². The van der Waals surface area contributed by atoms with Gasteiger partial charge in [0.15, 0.2) is 11.5 Å². The molecular weight excluding hydrogens is 356 g/mol. The molecule has 1 saturated heterocycles. The summed E-state index contributed by atoms with van der Waals surface area (Å²) in [4.78, 5) is 8.53. The Morgan fingerprint density at radius 2 is 1.85 bits per heavy atom. The molecule has 0 aliphatic carbocycles. The van der Waals surface area contributed by atoms with E-state index in [9.17, 15) is 4.21 Å². The van der Waals surface area contributed by atoms with Gasteiger partial charge in [-0.05, 0) is 24.8 Å². The molecule has 1 aliphatic heterocycles. The Hall–Kier alpha value is -2.13. The third kappa shape index (κ3) is 3.99. The van der Waals surface area contributed by atoms with Crippen LogP contribution in [0.15, 0.2) is 18.5 Å². The summed E-state index contributed by atoms with van der Waals surface area (Å²) in [5.41, 5.74) is 0.724. The van der Waals surface area contributed by atoms with Crippen LogP contribution in [0.1, 0.15) is 12.8 Å². The molecule has 1 aromatic heterocycles. The molecule has 1 atom stereocenters. The minimum atomic E-state index is -2.61. The summed E-state index contributed by atoms with van der Waals surface area (Å²) >= 11 is 0. The number of nitrogens with zero attached hydrogens (tertiary/aromatic N) is 3. The van der Waals surface area contributed by atoms with E-state index in [0.717, 1.165) is 23.7 Å². The predicted octanol–water partition coefficient (Wildman–Crippen LogP) is 2.33. The Bertz CT molecular complexity index is 880. The van der Waals surface area contributed by atoms with Crippen molar-refractivity contribution < 1.29 is 18.4 Å². The van der Waals surface area contributed by atoms with Crippen LogP contribution < -0.4 is 14.2 Å². The van der Waals surface area contributed by atoms with Gasteiger partial charge in [-0.2, -0.15) is 0 Å². The van der Waals surface area contributed by atoms with Crippen LogP contribution in [0.25, 0.3) is 10.9 Å². The summed E-state index contributed by atoms with van der Waals surface area (Å²) < 4.78 is 37.8. The maximum atomic E-state index is 11.8. The van der Waals surface area contributed by atoms with Crippen LogP contribution in [-0.2, 0) is 9.92 Å². The third-order valence-corrected chi connectivity index (χ3v) is 5.98. The minimum Gasteiger partial charge on any atom is -0.493 e. The van der Waals surface area contributed by atoms with Crippen molar-refractivity contribution in [3.05, 3.63) is 18.5 Å². The van der Waals surface area contributed by atoms with E-state index in [1.54, 1.807) is 24.6 Å². The number of aromatic nitrogens is 2. The van der Waals surface area contributed by atoms with E-state index in [4.69, 9.17) is 19.0 Å². The highest BCUT2D eigenvalue weighted by Gasteiger charge is 2.24. The highest BCUT2D eigenvalue weighted by atomic mass is 32.2. The monoisotopic (exact) mass is 380 g/mol. The highest BCUT2D eigenvalue weighted by molar-refractivity contribution is 7.89. The molecule has 1 aliphatic rings. The van der Waals surface area contributed by atoms with Crippen molar-refractivity contribution in [2.75, 3.05) is 40.2 Å². The summed E-state index contributed by atoms with van der Waals surface area (Å²) in [5.74, 6) is 2.06. The van der Waals surface area contributed by atoms with Crippen molar-refractivity contribution in [1.82, 2.24) is 14.3 Å². The van der Waals surface area contributed by atoms with Crippen LogP contribution in [0.2, 0.25) is 0 Å². The SMILES string of the molecule is COc1cc2ncnc(OCC3CCN(S(C)(=N)=O)CC3)c2cc1OC. The van der Waals surface area contributed by atoms with Crippen molar-refractivity contribution in [2.45, 2.75) is 12.8 Å². The number of methoxy groups -OCH3 is 2. The molecule has 142 valence electrons. The molecule has 0 spiro atoms. The van der Waals surface area contributed by atoms with Crippen molar-refractivity contribution in [2.24, 2.45) is 5.92 Å². The molecule has 2 heterocycles. The highest BCUT2D eigenvalue weighted by Crippen LogP contribution is 2.34. The molecule has 0 radical (unpaired) electrons. The number of rotatable bonds is 6. The van der Waals surface area contributed by atoms with Crippen LogP contribution in [0.3, 0.4) is 0 Å². The number of hydrogen-bond acceptors (Lipinski definition) is 7. The molecule has 2 aromatic rings. The Labute approximate surface area is 153 Å². The van der Waals surface area contributed by atoms with Crippen LogP contribution in [0.4, 0.5) is 0 Å². The van der Waals surface area contributed by atoms with Crippen molar-refractivity contribution in [3.63, 3.8) is 0 Å². The molecule has 0 saturated carbocycles. The summed E-state index contributed by atoms with van der Waals surface area (Å²) in [6.07, 6.45) is 4.64. The second-order valence-corrected chi connectivity index (χ2v) is 8.51. The molecule has 9 heteroatoms. The molecule has 1 aromatic carbocycles. The maximum absolute atomic E-state index is 11.8. The number of fused-ring (bicyclic) bond motifs is 1. The van der Waals surface area contributed by atoms with Gasteiger partial charge in [-0.25, -0.2) is 23.3 Å². The molecular formula is C17H24N4O4S.